The average Bonchev–Trinajstić information content (AvgIpc) is 2.46. The molecule has 3 atom stereocenters. The van der Waals surface area contributed by atoms with Gasteiger partial charge in [0.2, 0.25) is 5.91 Å². The summed E-state index contributed by atoms with van der Waals surface area (Å²) in [5.41, 5.74) is 0.700. The first-order valence-corrected chi connectivity index (χ1v) is 7.34. The molecule has 3 unspecified atom stereocenters. The van der Waals surface area contributed by atoms with Crippen molar-refractivity contribution in [2.75, 3.05) is 25.5 Å². The van der Waals surface area contributed by atoms with Gasteiger partial charge in [-0.25, -0.2) is 0 Å². The highest BCUT2D eigenvalue weighted by molar-refractivity contribution is 5.95. The third kappa shape index (κ3) is 3.95. The van der Waals surface area contributed by atoms with Crippen molar-refractivity contribution in [2.24, 2.45) is 0 Å². The Morgan fingerprint density at radius 3 is 2.57 bits per heavy atom. The molecule has 0 saturated carbocycles. The Morgan fingerprint density at radius 2 is 1.95 bits per heavy atom. The van der Waals surface area contributed by atoms with Crippen LogP contribution in [-0.4, -0.2) is 49.3 Å². The van der Waals surface area contributed by atoms with Crippen molar-refractivity contribution in [1.29, 1.82) is 0 Å². The Balaban J connectivity index is 2.02. The van der Waals surface area contributed by atoms with E-state index in [9.17, 15) is 4.79 Å². The number of hydrogen-bond donors (Lipinski definition) is 1. The molecule has 5 heteroatoms. The Labute approximate surface area is 126 Å². The zero-order valence-electron chi connectivity index (χ0n) is 13.1. The molecule has 1 N–H and O–H groups in total. The molecule has 1 aliphatic rings. The number of nitrogens with zero attached hydrogens (tertiary/aromatic N) is 1. The number of rotatable bonds is 4. The second kappa shape index (κ2) is 6.91. The van der Waals surface area contributed by atoms with E-state index in [1.165, 1.54) is 0 Å². The maximum atomic E-state index is 12.4. The van der Waals surface area contributed by atoms with Gasteiger partial charge in [0.05, 0.1) is 31.0 Å². The third-order valence-corrected chi connectivity index (χ3v) is 3.74. The fraction of sp³-hybridized carbons (Fsp3) is 0.562. The van der Waals surface area contributed by atoms with Crippen LogP contribution in [0.5, 0.6) is 5.75 Å². The van der Waals surface area contributed by atoms with Gasteiger partial charge in [0, 0.05) is 13.1 Å². The number of amides is 1. The summed E-state index contributed by atoms with van der Waals surface area (Å²) in [6.45, 7) is 7.53. The lowest BCUT2D eigenvalue weighted by atomic mass is 10.1. The zero-order valence-corrected chi connectivity index (χ0v) is 13.1. The lowest BCUT2D eigenvalue weighted by Gasteiger charge is -2.38. The second-order valence-corrected chi connectivity index (χ2v) is 5.58. The van der Waals surface area contributed by atoms with Crippen LogP contribution in [0.4, 0.5) is 5.69 Å². The standard InChI is InChI=1S/C16H24N2O3/c1-11-9-18(10-12(2)21-11)13(3)16(19)17-14-7-5-6-8-15(14)20-4/h5-8,11-13H,9-10H2,1-4H3,(H,17,19). The molecule has 5 nitrogen and oxygen atoms in total. The van der Waals surface area contributed by atoms with E-state index < -0.39 is 0 Å². The highest BCUT2D eigenvalue weighted by Crippen LogP contribution is 2.23. The van der Waals surface area contributed by atoms with Crippen LogP contribution in [0.15, 0.2) is 24.3 Å². The molecule has 1 fully saturated rings. The first-order chi connectivity index (χ1) is 10.0. The number of nitrogens with one attached hydrogen (secondary N) is 1. The predicted octanol–water partition coefficient (Wildman–Crippen LogP) is 2.13. The van der Waals surface area contributed by atoms with E-state index in [2.05, 4.69) is 10.2 Å². The van der Waals surface area contributed by atoms with E-state index in [0.29, 0.717) is 11.4 Å². The topological polar surface area (TPSA) is 50.8 Å². The zero-order chi connectivity index (χ0) is 15.4. The Kier molecular flexibility index (Phi) is 5.20. The van der Waals surface area contributed by atoms with Crippen LogP contribution in [0.1, 0.15) is 20.8 Å². The van der Waals surface area contributed by atoms with Gasteiger partial charge in [-0.3, -0.25) is 9.69 Å². The molecule has 1 aliphatic heterocycles. The molecular weight excluding hydrogens is 268 g/mol. The van der Waals surface area contributed by atoms with Crippen molar-refractivity contribution in [3.05, 3.63) is 24.3 Å². The summed E-state index contributed by atoms with van der Waals surface area (Å²) in [6.07, 6.45) is 0.297. The summed E-state index contributed by atoms with van der Waals surface area (Å²) < 4.78 is 11.0. The molecule has 0 radical (unpaired) electrons. The number of hydrogen-bond acceptors (Lipinski definition) is 4. The SMILES string of the molecule is COc1ccccc1NC(=O)C(C)N1CC(C)OC(C)C1. The molecule has 0 bridgehead atoms. The van der Waals surface area contributed by atoms with Crippen molar-refractivity contribution < 1.29 is 14.3 Å². The predicted molar refractivity (Wildman–Crippen MR) is 82.7 cm³/mol. The van der Waals surface area contributed by atoms with Crippen molar-refractivity contribution in [3.8, 4) is 5.75 Å². The molecule has 2 rings (SSSR count). The quantitative estimate of drug-likeness (QED) is 0.923. The number of para-hydroxylation sites is 2. The van der Waals surface area contributed by atoms with E-state index in [0.717, 1.165) is 13.1 Å². The molecule has 0 spiro atoms. The first-order valence-electron chi connectivity index (χ1n) is 7.34. The largest absolute Gasteiger partial charge is 0.495 e. The van der Waals surface area contributed by atoms with E-state index >= 15 is 0 Å². The van der Waals surface area contributed by atoms with Gasteiger partial charge in [-0.15, -0.1) is 0 Å². The van der Waals surface area contributed by atoms with Gasteiger partial charge in [0.25, 0.3) is 0 Å². The van der Waals surface area contributed by atoms with Crippen molar-refractivity contribution in [2.45, 2.75) is 39.0 Å². The summed E-state index contributed by atoms with van der Waals surface area (Å²) >= 11 is 0. The minimum absolute atomic E-state index is 0.0270. The molecule has 0 aromatic heterocycles. The van der Waals surface area contributed by atoms with Crippen LogP contribution in [0, 0.1) is 0 Å². The molecule has 1 amide bonds. The van der Waals surface area contributed by atoms with E-state index in [4.69, 9.17) is 9.47 Å². The van der Waals surface area contributed by atoms with Crippen LogP contribution >= 0.6 is 0 Å². The molecule has 1 aromatic carbocycles. The highest BCUT2D eigenvalue weighted by atomic mass is 16.5. The lowest BCUT2D eigenvalue weighted by Crippen LogP contribution is -2.52. The maximum absolute atomic E-state index is 12.4. The van der Waals surface area contributed by atoms with Crippen LogP contribution in [0.3, 0.4) is 0 Å². The number of ether oxygens (including phenoxy) is 2. The van der Waals surface area contributed by atoms with Gasteiger partial charge in [0.1, 0.15) is 5.75 Å². The van der Waals surface area contributed by atoms with Gasteiger partial charge in [0.15, 0.2) is 0 Å². The molecule has 21 heavy (non-hydrogen) atoms. The molecule has 1 saturated heterocycles. The summed E-state index contributed by atoms with van der Waals surface area (Å²) in [4.78, 5) is 14.6. The van der Waals surface area contributed by atoms with Gasteiger partial charge >= 0.3 is 0 Å². The third-order valence-electron chi connectivity index (χ3n) is 3.74. The summed E-state index contributed by atoms with van der Waals surface area (Å²) in [5, 5.41) is 2.94. The van der Waals surface area contributed by atoms with Crippen LogP contribution < -0.4 is 10.1 Å². The molecule has 1 heterocycles. The van der Waals surface area contributed by atoms with E-state index in [1.54, 1.807) is 7.11 Å². The average molecular weight is 292 g/mol. The van der Waals surface area contributed by atoms with Gasteiger partial charge in [-0.2, -0.15) is 0 Å². The summed E-state index contributed by atoms with van der Waals surface area (Å²) in [6, 6.07) is 7.22. The van der Waals surface area contributed by atoms with Crippen molar-refractivity contribution >= 4 is 11.6 Å². The highest BCUT2D eigenvalue weighted by Gasteiger charge is 2.29. The Hall–Kier alpha value is -1.59. The van der Waals surface area contributed by atoms with Gasteiger partial charge in [-0.05, 0) is 32.9 Å². The van der Waals surface area contributed by atoms with Gasteiger partial charge in [-0.1, -0.05) is 12.1 Å². The van der Waals surface area contributed by atoms with Crippen LogP contribution in [0.25, 0.3) is 0 Å². The van der Waals surface area contributed by atoms with E-state index in [-0.39, 0.29) is 24.2 Å². The smallest absolute Gasteiger partial charge is 0.241 e. The van der Waals surface area contributed by atoms with Gasteiger partial charge < -0.3 is 14.8 Å². The van der Waals surface area contributed by atoms with Crippen molar-refractivity contribution in [1.82, 2.24) is 4.90 Å². The fourth-order valence-electron chi connectivity index (χ4n) is 2.68. The first kappa shape index (κ1) is 15.8. The maximum Gasteiger partial charge on any atom is 0.241 e. The minimum atomic E-state index is -0.205. The minimum Gasteiger partial charge on any atom is -0.495 e. The number of methoxy groups -OCH3 is 1. The fourth-order valence-corrected chi connectivity index (χ4v) is 2.68. The number of carbonyl (C=O) groups is 1. The summed E-state index contributed by atoms with van der Waals surface area (Å²) in [5.74, 6) is 0.641. The molecule has 116 valence electrons. The van der Waals surface area contributed by atoms with Crippen molar-refractivity contribution in [3.63, 3.8) is 0 Å². The number of carbonyl (C=O) groups excluding carboxylic acids is 1. The molecule has 1 aromatic rings. The lowest BCUT2D eigenvalue weighted by molar-refractivity contribution is -0.126. The second-order valence-electron chi connectivity index (χ2n) is 5.58. The number of morpholine rings is 1. The number of benzene rings is 1. The monoisotopic (exact) mass is 292 g/mol. The summed E-state index contributed by atoms with van der Waals surface area (Å²) in [7, 11) is 1.60. The Morgan fingerprint density at radius 1 is 1.33 bits per heavy atom. The Bertz CT molecular complexity index is 482. The normalized spacial score (nSPS) is 24.4. The number of anilines is 1. The molecular formula is C16H24N2O3. The van der Waals surface area contributed by atoms with E-state index in [1.807, 2.05) is 45.0 Å². The van der Waals surface area contributed by atoms with Crippen LogP contribution in [-0.2, 0) is 9.53 Å². The molecule has 0 aliphatic carbocycles. The van der Waals surface area contributed by atoms with Crippen LogP contribution in [0.2, 0.25) is 0 Å².